The first-order chi connectivity index (χ1) is 11.8. The number of carbonyl (C=O) groups is 2. The van der Waals surface area contributed by atoms with Crippen molar-refractivity contribution >= 4 is 11.9 Å². The Hall–Kier alpha value is -1.14. The van der Waals surface area contributed by atoms with Gasteiger partial charge in [-0.2, -0.15) is 0 Å². The van der Waals surface area contributed by atoms with Crippen molar-refractivity contribution in [3.8, 4) is 0 Å². The van der Waals surface area contributed by atoms with Gasteiger partial charge in [-0.1, -0.05) is 13.8 Å². The Morgan fingerprint density at radius 1 is 0.692 bits per heavy atom. The number of carbonyl (C=O) groups excluding carboxylic acids is 2. The Labute approximate surface area is 158 Å². The van der Waals surface area contributed by atoms with Gasteiger partial charge in [0, 0.05) is 13.1 Å². The molecule has 2 heterocycles. The molecular weight excluding hydrogens is 332 g/mol. The summed E-state index contributed by atoms with van der Waals surface area (Å²) in [5, 5.41) is 6.38. The van der Waals surface area contributed by atoms with E-state index in [1.807, 2.05) is 41.5 Å². The molecule has 2 aliphatic rings. The lowest BCUT2D eigenvalue weighted by atomic mass is 9.98. The fourth-order valence-corrected chi connectivity index (χ4v) is 3.01. The number of ether oxygens (including phenoxy) is 2. The van der Waals surface area contributed by atoms with E-state index in [2.05, 4.69) is 24.5 Å². The normalized spacial score (nSPS) is 28.9. The van der Waals surface area contributed by atoms with E-state index in [-0.39, 0.29) is 35.0 Å². The first-order valence-corrected chi connectivity index (χ1v) is 9.67. The summed E-state index contributed by atoms with van der Waals surface area (Å²) in [6.07, 6.45) is 0. The molecule has 2 fully saturated rings. The molecule has 0 bridgehead atoms. The highest BCUT2D eigenvalue weighted by atomic mass is 16.6. The molecule has 0 aromatic rings. The van der Waals surface area contributed by atoms with E-state index in [0.29, 0.717) is 11.8 Å². The molecule has 2 N–H and O–H groups in total. The second-order valence-electron chi connectivity index (χ2n) is 9.55. The van der Waals surface area contributed by atoms with E-state index in [9.17, 15) is 9.59 Å². The first-order valence-electron chi connectivity index (χ1n) is 9.67. The lowest BCUT2D eigenvalue weighted by molar-refractivity contribution is -0.161. The third-order valence-electron chi connectivity index (χ3n) is 4.45. The summed E-state index contributed by atoms with van der Waals surface area (Å²) in [5.74, 6) is 0.748. The van der Waals surface area contributed by atoms with Gasteiger partial charge in [-0.25, -0.2) is 0 Å². The van der Waals surface area contributed by atoms with Crippen molar-refractivity contribution in [2.45, 2.75) is 66.6 Å². The van der Waals surface area contributed by atoms with Crippen LogP contribution in [0.3, 0.4) is 0 Å². The summed E-state index contributed by atoms with van der Waals surface area (Å²) in [6.45, 7) is 18.9. The molecule has 4 atom stereocenters. The average molecular weight is 371 g/mol. The number of hydrogen-bond acceptors (Lipinski definition) is 6. The van der Waals surface area contributed by atoms with Crippen LogP contribution in [0.2, 0.25) is 0 Å². The molecule has 0 unspecified atom stereocenters. The molecule has 0 radical (unpaired) electrons. The largest absolute Gasteiger partial charge is 0.460 e. The number of rotatable bonds is 2. The predicted octanol–water partition coefficient (Wildman–Crippen LogP) is 2.37. The van der Waals surface area contributed by atoms with Gasteiger partial charge in [-0.05, 0) is 66.5 Å². The molecule has 2 saturated heterocycles. The van der Waals surface area contributed by atoms with Gasteiger partial charge in [0.2, 0.25) is 0 Å². The Morgan fingerprint density at radius 3 is 1.19 bits per heavy atom. The number of esters is 2. The summed E-state index contributed by atoms with van der Waals surface area (Å²) in [4.78, 5) is 23.2. The zero-order valence-electron chi connectivity index (χ0n) is 17.8. The maximum absolute atomic E-state index is 11.6. The zero-order valence-corrected chi connectivity index (χ0v) is 17.8. The molecule has 0 aromatic heterocycles. The predicted molar refractivity (Wildman–Crippen MR) is 103 cm³/mol. The minimum Gasteiger partial charge on any atom is -0.460 e. The monoisotopic (exact) mass is 370 g/mol. The van der Waals surface area contributed by atoms with E-state index in [1.54, 1.807) is 0 Å². The van der Waals surface area contributed by atoms with Gasteiger partial charge >= 0.3 is 11.9 Å². The molecule has 6 nitrogen and oxygen atoms in total. The fourth-order valence-electron chi connectivity index (χ4n) is 3.01. The highest BCUT2D eigenvalue weighted by Gasteiger charge is 2.33. The quantitative estimate of drug-likeness (QED) is 0.727. The highest BCUT2D eigenvalue weighted by molar-refractivity contribution is 5.74. The molecule has 2 aliphatic heterocycles. The zero-order chi connectivity index (χ0) is 20.1. The van der Waals surface area contributed by atoms with Gasteiger partial charge in [0.15, 0.2) is 0 Å². The van der Waals surface area contributed by atoms with Crippen LogP contribution < -0.4 is 10.6 Å². The highest BCUT2D eigenvalue weighted by Crippen LogP contribution is 2.21. The van der Waals surface area contributed by atoms with E-state index in [1.165, 1.54) is 0 Å². The van der Waals surface area contributed by atoms with Crippen LogP contribution in [-0.2, 0) is 19.1 Å². The van der Waals surface area contributed by atoms with Crippen LogP contribution in [0.1, 0.15) is 55.4 Å². The third kappa shape index (κ3) is 8.04. The maximum atomic E-state index is 11.6. The minimum atomic E-state index is -0.362. The molecule has 2 rings (SSSR count). The Morgan fingerprint density at radius 2 is 1.00 bits per heavy atom. The van der Waals surface area contributed by atoms with Crippen molar-refractivity contribution in [2.24, 2.45) is 23.7 Å². The van der Waals surface area contributed by atoms with Crippen LogP contribution in [0.4, 0.5) is 0 Å². The topological polar surface area (TPSA) is 76.7 Å². The van der Waals surface area contributed by atoms with Gasteiger partial charge in [0.1, 0.15) is 11.2 Å². The van der Waals surface area contributed by atoms with Crippen molar-refractivity contribution in [2.75, 3.05) is 26.2 Å². The van der Waals surface area contributed by atoms with E-state index < -0.39 is 0 Å². The van der Waals surface area contributed by atoms with Crippen molar-refractivity contribution in [1.82, 2.24) is 10.6 Å². The molecule has 0 spiro atoms. The summed E-state index contributed by atoms with van der Waals surface area (Å²) in [5.41, 5.74) is -0.723. The number of hydrogen-bond donors (Lipinski definition) is 2. The number of nitrogens with one attached hydrogen (secondary N) is 2. The smallest absolute Gasteiger partial charge is 0.311 e. The van der Waals surface area contributed by atoms with E-state index in [4.69, 9.17) is 9.47 Å². The minimum absolute atomic E-state index is 0.0409. The Balaban J connectivity index is 0.000000260. The molecule has 6 heteroatoms. The van der Waals surface area contributed by atoms with Crippen molar-refractivity contribution in [1.29, 1.82) is 0 Å². The second-order valence-corrected chi connectivity index (χ2v) is 9.55. The maximum Gasteiger partial charge on any atom is 0.311 e. The van der Waals surface area contributed by atoms with Crippen LogP contribution >= 0.6 is 0 Å². The van der Waals surface area contributed by atoms with Crippen LogP contribution in [-0.4, -0.2) is 49.3 Å². The lowest BCUT2D eigenvalue weighted by Crippen LogP contribution is -2.31. The van der Waals surface area contributed by atoms with Crippen molar-refractivity contribution in [3.05, 3.63) is 0 Å². The SMILES string of the molecule is C[C@@H]1CNC[C@@H]1C(=O)OC(C)(C)C.C[C@H]1CNC[C@H]1C(=O)OC(C)(C)C. The van der Waals surface area contributed by atoms with Crippen molar-refractivity contribution in [3.63, 3.8) is 0 Å². The summed E-state index contributed by atoms with van der Waals surface area (Å²) in [7, 11) is 0. The van der Waals surface area contributed by atoms with Gasteiger partial charge in [0.25, 0.3) is 0 Å². The second kappa shape index (κ2) is 9.18. The Bertz CT molecular complexity index is 435. The van der Waals surface area contributed by atoms with Crippen LogP contribution in [0.25, 0.3) is 0 Å². The lowest BCUT2D eigenvalue weighted by Gasteiger charge is -2.23. The molecule has 26 heavy (non-hydrogen) atoms. The van der Waals surface area contributed by atoms with Gasteiger partial charge in [-0.3, -0.25) is 9.59 Å². The molecule has 0 aliphatic carbocycles. The molecule has 152 valence electrons. The summed E-state index contributed by atoms with van der Waals surface area (Å²) in [6, 6.07) is 0. The summed E-state index contributed by atoms with van der Waals surface area (Å²) >= 11 is 0. The van der Waals surface area contributed by atoms with Gasteiger partial charge < -0.3 is 20.1 Å². The van der Waals surface area contributed by atoms with E-state index in [0.717, 1.165) is 26.2 Å². The van der Waals surface area contributed by atoms with Crippen LogP contribution in [0, 0.1) is 23.7 Å². The first kappa shape index (κ1) is 22.9. The molecule has 0 saturated carbocycles. The Kier molecular flexibility index (Phi) is 8.08. The van der Waals surface area contributed by atoms with Crippen molar-refractivity contribution < 1.29 is 19.1 Å². The standard InChI is InChI=1S/2C10H19NO2/c2*1-7-5-11-6-8(7)9(12)13-10(2,3)4/h2*7-8,11H,5-6H2,1-4H3/t2*7-,8+/m10/s1. The average Bonchev–Trinajstić information content (AvgIpc) is 3.04. The van der Waals surface area contributed by atoms with Gasteiger partial charge in [0.05, 0.1) is 11.8 Å². The summed E-state index contributed by atoms with van der Waals surface area (Å²) < 4.78 is 10.6. The van der Waals surface area contributed by atoms with E-state index >= 15 is 0 Å². The third-order valence-corrected chi connectivity index (χ3v) is 4.45. The van der Waals surface area contributed by atoms with Crippen LogP contribution in [0.5, 0.6) is 0 Å². The molecule has 0 aromatic carbocycles. The van der Waals surface area contributed by atoms with Gasteiger partial charge in [-0.15, -0.1) is 0 Å². The fraction of sp³-hybridized carbons (Fsp3) is 0.900. The molecule has 0 amide bonds. The molecular formula is C20H38N2O4. The van der Waals surface area contributed by atoms with Crippen LogP contribution in [0.15, 0.2) is 0 Å².